The maximum atomic E-state index is 12.2. The minimum atomic E-state index is -3.25. The molecular formula is C15H28O4S. The van der Waals surface area contributed by atoms with Crippen molar-refractivity contribution in [2.75, 3.05) is 5.75 Å². The number of carbonyl (C=O) groups is 1. The number of hydrogen-bond donors (Lipinski definition) is 1. The summed E-state index contributed by atoms with van der Waals surface area (Å²) in [5.41, 5.74) is -0.829. The van der Waals surface area contributed by atoms with Gasteiger partial charge in [0.1, 0.15) is 0 Å². The van der Waals surface area contributed by atoms with Crippen molar-refractivity contribution in [3.63, 3.8) is 0 Å². The number of sulfone groups is 1. The van der Waals surface area contributed by atoms with E-state index in [9.17, 15) is 18.3 Å². The van der Waals surface area contributed by atoms with Crippen molar-refractivity contribution in [1.82, 2.24) is 0 Å². The second kappa shape index (κ2) is 6.04. The minimum Gasteiger partial charge on any atom is -0.481 e. The minimum absolute atomic E-state index is 0.0282. The van der Waals surface area contributed by atoms with Gasteiger partial charge in [0.15, 0.2) is 9.84 Å². The fourth-order valence-corrected chi connectivity index (χ4v) is 4.12. The number of carboxylic acid groups (broad SMARTS) is 1. The molecule has 0 heterocycles. The second-order valence-corrected chi connectivity index (χ2v) is 9.98. The summed E-state index contributed by atoms with van der Waals surface area (Å²) in [4.78, 5) is 11.6. The van der Waals surface area contributed by atoms with E-state index < -0.39 is 26.0 Å². The number of aliphatic carboxylic acids is 1. The monoisotopic (exact) mass is 304 g/mol. The van der Waals surface area contributed by atoms with Gasteiger partial charge in [0, 0.05) is 0 Å². The lowest BCUT2D eigenvalue weighted by Gasteiger charge is -2.37. The Kier molecular flexibility index (Phi) is 5.28. The van der Waals surface area contributed by atoms with Gasteiger partial charge in [-0.1, -0.05) is 13.3 Å². The summed E-state index contributed by atoms with van der Waals surface area (Å²) in [6.07, 6.45) is 4.35. The Morgan fingerprint density at radius 3 is 2.10 bits per heavy atom. The Labute approximate surface area is 122 Å². The molecule has 0 aromatic heterocycles. The molecule has 118 valence electrons. The van der Waals surface area contributed by atoms with Crippen molar-refractivity contribution in [3.8, 4) is 0 Å². The van der Waals surface area contributed by atoms with Gasteiger partial charge in [-0.3, -0.25) is 4.79 Å². The average Bonchev–Trinajstić information content (AvgIpc) is 2.35. The normalized spacial score (nSPS) is 28.3. The second-order valence-electron chi connectivity index (χ2n) is 7.12. The van der Waals surface area contributed by atoms with E-state index >= 15 is 0 Å². The van der Waals surface area contributed by atoms with Crippen LogP contribution >= 0.6 is 0 Å². The molecule has 0 aromatic carbocycles. The molecule has 0 spiro atoms. The quantitative estimate of drug-likeness (QED) is 0.846. The van der Waals surface area contributed by atoms with Crippen LogP contribution in [-0.4, -0.2) is 30.0 Å². The molecule has 1 fully saturated rings. The van der Waals surface area contributed by atoms with Gasteiger partial charge in [-0.15, -0.1) is 0 Å². The molecule has 1 rings (SSSR count). The molecule has 0 unspecified atom stereocenters. The number of carboxylic acids is 1. The summed E-state index contributed by atoms with van der Waals surface area (Å²) in [6.45, 7) is 7.14. The van der Waals surface area contributed by atoms with Crippen molar-refractivity contribution in [3.05, 3.63) is 0 Å². The van der Waals surface area contributed by atoms with E-state index in [0.29, 0.717) is 18.8 Å². The summed E-state index contributed by atoms with van der Waals surface area (Å²) in [7, 11) is -3.25. The zero-order chi connectivity index (χ0) is 15.6. The molecule has 0 amide bonds. The summed E-state index contributed by atoms with van der Waals surface area (Å²) in [5.74, 6) is -0.252. The van der Waals surface area contributed by atoms with Crippen LogP contribution in [0.4, 0.5) is 0 Å². The highest BCUT2D eigenvalue weighted by atomic mass is 32.2. The molecule has 1 N–H and O–H groups in total. The molecule has 1 aliphatic carbocycles. The number of hydrogen-bond acceptors (Lipinski definition) is 3. The molecule has 1 aliphatic rings. The van der Waals surface area contributed by atoms with Crippen molar-refractivity contribution < 1.29 is 18.3 Å². The van der Waals surface area contributed by atoms with Crippen LogP contribution in [0.15, 0.2) is 0 Å². The van der Waals surface area contributed by atoms with Crippen LogP contribution in [0.2, 0.25) is 0 Å². The van der Waals surface area contributed by atoms with Gasteiger partial charge in [-0.2, -0.15) is 0 Å². The molecule has 0 saturated heterocycles. The van der Waals surface area contributed by atoms with Gasteiger partial charge in [0.25, 0.3) is 0 Å². The van der Waals surface area contributed by atoms with Gasteiger partial charge < -0.3 is 5.11 Å². The van der Waals surface area contributed by atoms with Gasteiger partial charge in [-0.25, -0.2) is 8.42 Å². The number of rotatable bonds is 5. The van der Waals surface area contributed by atoms with Crippen LogP contribution in [0.25, 0.3) is 0 Å². The third kappa shape index (κ3) is 3.74. The lowest BCUT2D eigenvalue weighted by Crippen LogP contribution is -2.39. The van der Waals surface area contributed by atoms with Gasteiger partial charge >= 0.3 is 5.97 Å². The van der Waals surface area contributed by atoms with Crippen molar-refractivity contribution >= 4 is 15.8 Å². The Bertz CT molecular complexity index is 437. The lowest BCUT2D eigenvalue weighted by molar-refractivity contribution is -0.151. The van der Waals surface area contributed by atoms with Crippen LogP contribution < -0.4 is 0 Å². The third-order valence-electron chi connectivity index (χ3n) is 4.88. The predicted octanol–water partition coefficient (Wildman–Crippen LogP) is 3.26. The van der Waals surface area contributed by atoms with Crippen LogP contribution in [0, 0.1) is 11.3 Å². The Morgan fingerprint density at radius 2 is 1.75 bits per heavy atom. The standard InChI is InChI=1S/C15H28O4S/c1-5-12-6-8-15(9-7-12,13(16)17)10-11-20(18,19)14(2,3)4/h12H,5-11H2,1-4H3,(H,16,17). The zero-order valence-electron chi connectivity index (χ0n) is 13.1. The topological polar surface area (TPSA) is 71.4 Å². The lowest BCUT2D eigenvalue weighted by atomic mass is 9.68. The molecule has 5 heteroatoms. The van der Waals surface area contributed by atoms with Crippen LogP contribution in [0.5, 0.6) is 0 Å². The molecule has 20 heavy (non-hydrogen) atoms. The van der Waals surface area contributed by atoms with E-state index in [1.165, 1.54) is 0 Å². The third-order valence-corrected chi connectivity index (χ3v) is 7.48. The molecule has 0 bridgehead atoms. The molecule has 0 aromatic rings. The molecule has 4 nitrogen and oxygen atoms in total. The van der Waals surface area contributed by atoms with E-state index in [0.717, 1.165) is 19.3 Å². The first-order valence-electron chi connectivity index (χ1n) is 7.50. The first-order valence-corrected chi connectivity index (χ1v) is 9.15. The Morgan fingerprint density at radius 1 is 1.25 bits per heavy atom. The van der Waals surface area contributed by atoms with E-state index in [-0.39, 0.29) is 12.2 Å². The highest BCUT2D eigenvalue weighted by Gasteiger charge is 2.43. The summed E-state index contributed by atoms with van der Waals surface area (Å²) < 4.78 is 23.6. The summed E-state index contributed by atoms with van der Waals surface area (Å²) in [6, 6.07) is 0. The Balaban J connectivity index is 2.78. The van der Waals surface area contributed by atoms with Crippen LogP contribution in [0.3, 0.4) is 0 Å². The maximum Gasteiger partial charge on any atom is 0.309 e. The molecule has 0 aliphatic heterocycles. The largest absolute Gasteiger partial charge is 0.481 e. The van der Waals surface area contributed by atoms with Crippen molar-refractivity contribution in [2.24, 2.45) is 11.3 Å². The zero-order valence-corrected chi connectivity index (χ0v) is 13.9. The fraction of sp³-hybridized carbons (Fsp3) is 0.933. The SMILES string of the molecule is CCC1CCC(CCS(=O)(=O)C(C)(C)C)(C(=O)O)CC1. The fourth-order valence-electron chi connectivity index (χ4n) is 2.85. The van der Waals surface area contributed by atoms with Crippen molar-refractivity contribution in [1.29, 1.82) is 0 Å². The van der Waals surface area contributed by atoms with Gasteiger partial charge in [-0.05, 0) is 58.8 Å². The maximum absolute atomic E-state index is 12.2. The van der Waals surface area contributed by atoms with E-state index in [1.807, 2.05) is 0 Å². The van der Waals surface area contributed by atoms with E-state index in [1.54, 1.807) is 20.8 Å². The highest BCUT2D eigenvalue weighted by Crippen LogP contribution is 2.43. The molecule has 0 radical (unpaired) electrons. The summed E-state index contributed by atoms with van der Waals surface area (Å²) in [5, 5.41) is 9.55. The predicted molar refractivity (Wildman–Crippen MR) is 80.5 cm³/mol. The Hall–Kier alpha value is -0.580. The summed E-state index contributed by atoms with van der Waals surface area (Å²) >= 11 is 0. The smallest absolute Gasteiger partial charge is 0.309 e. The van der Waals surface area contributed by atoms with E-state index in [2.05, 4.69) is 6.92 Å². The van der Waals surface area contributed by atoms with Gasteiger partial charge in [0.2, 0.25) is 0 Å². The average molecular weight is 304 g/mol. The highest BCUT2D eigenvalue weighted by molar-refractivity contribution is 7.92. The van der Waals surface area contributed by atoms with Crippen molar-refractivity contribution in [2.45, 2.75) is 71.0 Å². The first-order chi connectivity index (χ1) is 9.04. The van der Waals surface area contributed by atoms with Crippen LogP contribution in [0.1, 0.15) is 66.2 Å². The molecule has 0 atom stereocenters. The molecular weight excluding hydrogens is 276 g/mol. The molecule has 1 saturated carbocycles. The van der Waals surface area contributed by atoms with E-state index in [4.69, 9.17) is 0 Å². The van der Waals surface area contributed by atoms with Gasteiger partial charge in [0.05, 0.1) is 15.9 Å². The van der Waals surface area contributed by atoms with Crippen LogP contribution in [-0.2, 0) is 14.6 Å². The first kappa shape index (κ1) is 17.5.